The molecule has 0 aliphatic heterocycles. The molecular weight excluding hydrogens is 312 g/mol. The van der Waals surface area contributed by atoms with Crippen LogP contribution >= 0.6 is 0 Å². The third kappa shape index (κ3) is 2.38. The van der Waals surface area contributed by atoms with Crippen molar-refractivity contribution in [2.45, 2.75) is 11.8 Å². The molecule has 2 atom stereocenters. The maximum atomic E-state index is 2.30. The molecule has 0 spiro atoms. The molecule has 2 unspecified atom stereocenters. The molecule has 0 nitrogen and oxygen atoms in total. The number of benzene rings is 4. The quantitative estimate of drug-likeness (QED) is 0.386. The summed E-state index contributed by atoms with van der Waals surface area (Å²) in [6, 6.07) is 39.7. The minimum absolute atomic E-state index is 0.324. The van der Waals surface area contributed by atoms with Crippen LogP contribution in [0, 0.1) is 0 Å². The van der Waals surface area contributed by atoms with Gasteiger partial charge in [-0.3, -0.25) is 0 Å². The second-order valence-corrected chi connectivity index (χ2v) is 6.95. The van der Waals surface area contributed by atoms with Gasteiger partial charge in [-0.2, -0.15) is 0 Å². The van der Waals surface area contributed by atoms with E-state index in [0.717, 1.165) is 0 Å². The second kappa shape index (κ2) is 6.31. The summed E-state index contributed by atoms with van der Waals surface area (Å²) in [5, 5.41) is 0. The summed E-state index contributed by atoms with van der Waals surface area (Å²) in [6.07, 6.45) is 0. The van der Waals surface area contributed by atoms with E-state index in [4.69, 9.17) is 0 Å². The van der Waals surface area contributed by atoms with E-state index in [9.17, 15) is 0 Å². The van der Waals surface area contributed by atoms with Crippen LogP contribution in [0.5, 0.6) is 0 Å². The maximum Gasteiger partial charge on any atom is 0.0205 e. The summed E-state index contributed by atoms with van der Waals surface area (Å²) >= 11 is 0. The Morgan fingerprint density at radius 3 is 1.12 bits per heavy atom. The minimum atomic E-state index is 0.324. The van der Waals surface area contributed by atoms with E-state index < -0.39 is 0 Å². The lowest BCUT2D eigenvalue weighted by Crippen LogP contribution is -2.20. The Morgan fingerprint density at radius 2 is 0.692 bits per heavy atom. The topological polar surface area (TPSA) is 0 Å². The van der Waals surface area contributed by atoms with E-state index in [-0.39, 0.29) is 0 Å². The molecule has 124 valence electrons. The summed E-state index contributed by atoms with van der Waals surface area (Å²) in [4.78, 5) is 0. The fourth-order valence-corrected chi connectivity index (χ4v) is 4.45. The molecular formula is C26H20. The SMILES string of the molecule is c1ccc(C2c3ccccc3-c3ccccc3C2c2ccccc2)cc1. The van der Waals surface area contributed by atoms with Crippen LogP contribution in [0.25, 0.3) is 11.1 Å². The number of rotatable bonds is 2. The van der Waals surface area contributed by atoms with Gasteiger partial charge in [0, 0.05) is 11.8 Å². The van der Waals surface area contributed by atoms with Crippen molar-refractivity contribution < 1.29 is 0 Å². The number of hydrogen-bond acceptors (Lipinski definition) is 0. The lowest BCUT2D eigenvalue weighted by Gasteiger charge is -2.36. The third-order valence-corrected chi connectivity index (χ3v) is 5.53. The zero-order valence-corrected chi connectivity index (χ0v) is 14.5. The molecule has 4 aromatic carbocycles. The van der Waals surface area contributed by atoms with E-state index >= 15 is 0 Å². The van der Waals surface area contributed by atoms with Crippen LogP contribution in [0.2, 0.25) is 0 Å². The molecule has 26 heavy (non-hydrogen) atoms. The first-order valence-electron chi connectivity index (χ1n) is 9.21. The first-order chi connectivity index (χ1) is 12.9. The van der Waals surface area contributed by atoms with Crippen LogP contribution in [-0.2, 0) is 0 Å². The fraction of sp³-hybridized carbons (Fsp3) is 0.0769. The van der Waals surface area contributed by atoms with Gasteiger partial charge in [0.15, 0.2) is 0 Å². The molecule has 4 aromatic rings. The Morgan fingerprint density at radius 1 is 0.346 bits per heavy atom. The van der Waals surface area contributed by atoms with Crippen LogP contribution in [0.3, 0.4) is 0 Å². The van der Waals surface area contributed by atoms with Gasteiger partial charge in [0.1, 0.15) is 0 Å². The summed E-state index contributed by atoms with van der Waals surface area (Å²) < 4.78 is 0. The van der Waals surface area contributed by atoms with Crippen LogP contribution in [0.15, 0.2) is 109 Å². The molecule has 1 aliphatic rings. The highest BCUT2D eigenvalue weighted by molar-refractivity contribution is 5.77. The molecule has 0 amide bonds. The van der Waals surface area contributed by atoms with Gasteiger partial charge >= 0.3 is 0 Å². The van der Waals surface area contributed by atoms with Crippen LogP contribution < -0.4 is 0 Å². The average Bonchev–Trinajstić information content (AvgIpc) is 2.74. The van der Waals surface area contributed by atoms with Crippen LogP contribution in [0.1, 0.15) is 34.1 Å². The fourth-order valence-electron chi connectivity index (χ4n) is 4.45. The Kier molecular flexibility index (Phi) is 3.68. The highest BCUT2D eigenvalue weighted by Crippen LogP contribution is 2.52. The highest BCUT2D eigenvalue weighted by atomic mass is 14.4. The first kappa shape index (κ1) is 15.2. The molecule has 0 saturated heterocycles. The number of hydrogen-bond donors (Lipinski definition) is 0. The van der Waals surface area contributed by atoms with Crippen molar-refractivity contribution in [3.63, 3.8) is 0 Å². The van der Waals surface area contributed by atoms with Gasteiger partial charge in [0.25, 0.3) is 0 Å². The van der Waals surface area contributed by atoms with Crippen molar-refractivity contribution in [1.29, 1.82) is 0 Å². The van der Waals surface area contributed by atoms with Crippen LogP contribution in [0.4, 0.5) is 0 Å². The van der Waals surface area contributed by atoms with E-state index in [1.54, 1.807) is 0 Å². The lowest BCUT2D eigenvalue weighted by atomic mass is 9.66. The van der Waals surface area contributed by atoms with Crippen molar-refractivity contribution in [2.24, 2.45) is 0 Å². The second-order valence-electron chi connectivity index (χ2n) is 6.95. The van der Waals surface area contributed by atoms with Crippen molar-refractivity contribution in [1.82, 2.24) is 0 Å². The van der Waals surface area contributed by atoms with Gasteiger partial charge in [-0.25, -0.2) is 0 Å². The van der Waals surface area contributed by atoms with Crippen molar-refractivity contribution in [3.05, 3.63) is 131 Å². The molecule has 0 fully saturated rings. The van der Waals surface area contributed by atoms with Crippen molar-refractivity contribution >= 4 is 0 Å². The Balaban J connectivity index is 1.83. The van der Waals surface area contributed by atoms with Gasteiger partial charge in [-0.1, -0.05) is 109 Å². The summed E-state index contributed by atoms with van der Waals surface area (Å²) in [5.41, 5.74) is 8.33. The summed E-state index contributed by atoms with van der Waals surface area (Å²) in [6.45, 7) is 0. The molecule has 0 aromatic heterocycles. The molecule has 1 aliphatic carbocycles. The minimum Gasteiger partial charge on any atom is -0.0622 e. The zero-order chi connectivity index (χ0) is 17.3. The Bertz CT molecular complexity index is 945. The van der Waals surface area contributed by atoms with E-state index in [0.29, 0.717) is 11.8 Å². The molecule has 0 radical (unpaired) electrons. The van der Waals surface area contributed by atoms with E-state index in [1.165, 1.54) is 33.4 Å². The van der Waals surface area contributed by atoms with Gasteiger partial charge < -0.3 is 0 Å². The van der Waals surface area contributed by atoms with Crippen molar-refractivity contribution in [3.8, 4) is 11.1 Å². The lowest BCUT2D eigenvalue weighted by molar-refractivity contribution is 0.685. The molecule has 0 heterocycles. The Labute approximate surface area is 154 Å². The normalized spacial score (nSPS) is 18.0. The van der Waals surface area contributed by atoms with Gasteiger partial charge in [-0.05, 0) is 33.4 Å². The predicted octanol–water partition coefficient (Wildman–Crippen LogP) is 6.63. The smallest absolute Gasteiger partial charge is 0.0205 e. The highest BCUT2D eigenvalue weighted by Gasteiger charge is 2.35. The van der Waals surface area contributed by atoms with Crippen LogP contribution in [-0.4, -0.2) is 0 Å². The van der Waals surface area contributed by atoms with Gasteiger partial charge in [0.05, 0.1) is 0 Å². The monoisotopic (exact) mass is 332 g/mol. The van der Waals surface area contributed by atoms with Gasteiger partial charge in [-0.15, -0.1) is 0 Å². The Hall–Kier alpha value is -3.12. The first-order valence-corrected chi connectivity index (χ1v) is 9.21. The summed E-state index contributed by atoms with van der Waals surface area (Å²) in [7, 11) is 0. The summed E-state index contributed by atoms with van der Waals surface area (Å²) in [5.74, 6) is 0.648. The number of fused-ring (bicyclic) bond motifs is 3. The zero-order valence-electron chi connectivity index (χ0n) is 14.5. The molecule has 5 rings (SSSR count). The molecule has 0 bridgehead atoms. The largest absolute Gasteiger partial charge is 0.0622 e. The predicted molar refractivity (Wildman–Crippen MR) is 108 cm³/mol. The standard InChI is InChI=1S/C26H20/c1-3-11-19(12-4-1)25-23-17-9-7-15-21(23)22-16-8-10-18-24(22)26(25)20-13-5-2-6-14-20/h1-18,25-26H. The molecule has 0 heteroatoms. The van der Waals surface area contributed by atoms with E-state index in [2.05, 4.69) is 109 Å². The van der Waals surface area contributed by atoms with E-state index in [1.807, 2.05) is 0 Å². The maximum absolute atomic E-state index is 2.30. The van der Waals surface area contributed by atoms with Crippen molar-refractivity contribution in [2.75, 3.05) is 0 Å². The molecule has 0 N–H and O–H groups in total. The third-order valence-electron chi connectivity index (χ3n) is 5.53. The molecule has 0 saturated carbocycles. The average molecular weight is 332 g/mol. The van der Waals surface area contributed by atoms with Gasteiger partial charge in [0.2, 0.25) is 0 Å².